The van der Waals surface area contributed by atoms with Crippen molar-refractivity contribution >= 4 is 17.1 Å². The van der Waals surface area contributed by atoms with Gasteiger partial charge in [-0.3, -0.25) is 20.7 Å². The summed E-state index contributed by atoms with van der Waals surface area (Å²) in [5.74, 6) is 0. The molecule has 2 aliphatic rings. The van der Waals surface area contributed by atoms with Crippen LogP contribution in [0.3, 0.4) is 0 Å². The minimum atomic E-state index is 0. The molecule has 0 amide bonds. The van der Waals surface area contributed by atoms with Crippen LogP contribution in [0, 0.1) is 12.3 Å². The number of benzene rings is 2. The molecule has 6 heteroatoms. The molecule has 2 heterocycles. The van der Waals surface area contributed by atoms with E-state index in [0.29, 0.717) is 17.1 Å². The number of hydrogen-bond donors (Lipinski definition) is 4. The lowest BCUT2D eigenvalue weighted by Crippen LogP contribution is -2.37. The third kappa shape index (κ3) is 3.82. The Hall–Kier alpha value is -2.83. The Kier molecular flexibility index (Phi) is 4.83. The van der Waals surface area contributed by atoms with Gasteiger partial charge >= 0.3 is 0 Å². The van der Waals surface area contributed by atoms with E-state index in [4.69, 9.17) is 11.1 Å². The highest BCUT2D eigenvalue weighted by Gasteiger charge is 2.19. The summed E-state index contributed by atoms with van der Waals surface area (Å²) in [5, 5.41) is 10.4. The number of nitrogens with zero attached hydrogens (tertiary/aromatic N) is 2. The number of anilines is 2. The van der Waals surface area contributed by atoms with E-state index in [1.54, 1.807) is 0 Å². The zero-order valence-corrected chi connectivity index (χ0v) is 15.6. The summed E-state index contributed by atoms with van der Waals surface area (Å²) in [6, 6.07) is 14.3. The molecular formula is C21H28N6. The first-order chi connectivity index (χ1) is 13.1. The van der Waals surface area contributed by atoms with E-state index in [2.05, 4.69) is 40.1 Å². The molecule has 2 aromatic rings. The Morgan fingerprint density at radius 1 is 1.15 bits per heavy atom. The maximum atomic E-state index is 8.49. The Labute approximate surface area is 161 Å². The number of likely N-dealkylation sites (tertiary alicyclic amines) is 1. The Morgan fingerprint density at radius 3 is 2.63 bits per heavy atom. The Balaban J connectivity index is 0.00000225. The van der Waals surface area contributed by atoms with Crippen LogP contribution in [0.5, 0.6) is 0 Å². The van der Waals surface area contributed by atoms with E-state index in [1.165, 1.54) is 31.5 Å². The summed E-state index contributed by atoms with van der Waals surface area (Å²) >= 11 is 0. The van der Waals surface area contributed by atoms with E-state index in [9.17, 15) is 0 Å². The molecule has 27 heavy (non-hydrogen) atoms. The molecule has 0 aromatic heterocycles. The summed E-state index contributed by atoms with van der Waals surface area (Å²) in [5.41, 5.74) is 18.1. The first kappa shape index (κ1) is 17.6. The fraction of sp³-hybridized carbons (Fsp3) is 0.286. The molecule has 0 radical (unpaired) electrons. The fourth-order valence-corrected chi connectivity index (χ4v) is 3.57. The van der Waals surface area contributed by atoms with Crippen LogP contribution in [0.2, 0.25) is 0 Å². The lowest BCUT2D eigenvalue weighted by Gasteiger charge is -2.17. The van der Waals surface area contributed by atoms with E-state index < -0.39 is 0 Å². The van der Waals surface area contributed by atoms with Gasteiger partial charge in [0.2, 0.25) is 0 Å². The van der Waals surface area contributed by atoms with E-state index in [-0.39, 0.29) is 1.43 Å². The topological polar surface area (TPSA) is 80.4 Å². The lowest BCUT2D eigenvalue weighted by molar-refractivity contribution is 0.331. The maximum Gasteiger partial charge on any atom is 0.0941 e. The molecule has 0 spiro atoms. The molecule has 0 unspecified atom stereocenters. The van der Waals surface area contributed by atoms with Crippen molar-refractivity contribution in [3.63, 3.8) is 0 Å². The fourth-order valence-electron chi connectivity index (χ4n) is 3.57. The van der Waals surface area contributed by atoms with Gasteiger partial charge in [-0.25, -0.2) is 0 Å². The molecule has 5 N–H and O–H groups in total. The highest BCUT2D eigenvalue weighted by molar-refractivity contribution is 6.13. The van der Waals surface area contributed by atoms with Crippen molar-refractivity contribution in [1.82, 2.24) is 15.9 Å². The van der Waals surface area contributed by atoms with Gasteiger partial charge in [-0.15, -0.1) is 5.53 Å². The van der Waals surface area contributed by atoms with Gasteiger partial charge in [0, 0.05) is 19.2 Å². The Bertz CT molecular complexity index is 871. The van der Waals surface area contributed by atoms with Gasteiger partial charge in [0.15, 0.2) is 0 Å². The number of nitrogens with two attached hydrogens (primary N) is 1. The number of hydrogen-bond acceptors (Lipinski definition) is 6. The van der Waals surface area contributed by atoms with Crippen molar-refractivity contribution in [3.05, 3.63) is 71.1 Å². The number of allylic oxidation sites excluding steroid dienone is 1. The average molecular weight is 364 g/mol. The Morgan fingerprint density at radius 2 is 1.89 bits per heavy atom. The minimum Gasteiger partial charge on any atom is -0.398 e. The average Bonchev–Trinajstić information content (AvgIpc) is 3.36. The van der Waals surface area contributed by atoms with Crippen molar-refractivity contribution in [1.29, 1.82) is 5.41 Å². The molecule has 142 valence electrons. The van der Waals surface area contributed by atoms with Crippen LogP contribution < -0.4 is 21.7 Å². The van der Waals surface area contributed by atoms with E-state index >= 15 is 0 Å². The SMILES string of the molecule is Cc1ccc(N)c(C(=N)C2=CN(c3ccc(CN4CCCC4)cc3)NN2)c1.[HH]. The quantitative estimate of drug-likeness (QED) is 0.484. The number of rotatable bonds is 5. The number of nitrogens with one attached hydrogen (secondary N) is 3. The summed E-state index contributed by atoms with van der Waals surface area (Å²) in [6.45, 7) is 5.43. The molecule has 0 atom stereocenters. The van der Waals surface area contributed by atoms with Crippen molar-refractivity contribution in [2.24, 2.45) is 0 Å². The second-order valence-corrected chi connectivity index (χ2v) is 7.26. The lowest BCUT2D eigenvalue weighted by atomic mass is 10.0. The van der Waals surface area contributed by atoms with Gasteiger partial charge in [0.1, 0.15) is 0 Å². The molecule has 1 fully saturated rings. The first-order valence-corrected chi connectivity index (χ1v) is 9.39. The molecular weight excluding hydrogens is 336 g/mol. The minimum absolute atomic E-state index is 0. The van der Waals surface area contributed by atoms with Crippen LogP contribution in [0.15, 0.2) is 54.4 Å². The maximum absolute atomic E-state index is 8.49. The summed E-state index contributed by atoms with van der Waals surface area (Å²) in [7, 11) is 0. The smallest absolute Gasteiger partial charge is 0.0941 e. The highest BCUT2D eigenvalue weighted by Crippen LogP contribution is 2.22. The van der Waals surface area contributed by atoms with Crippen LogP contribution in [-0.2, 0) is 6.54 Å². The molecule has 2 aromatic carbocycles. The van der Waals surface area contributed by atoms with Gasteiger partial charge in [-0.2, -0.15) is 0 Å². The number of hydrazine groups is 2. The van der Waals surface area contributed by atoms with Gasteiger partial charge in [0.25, 0.3) is 0 Å². The highest BCUT2D eigenvalue weighted by atomic mass is 15.7. The van der Waals surface area contributed by atoms with Gasteiger partial charge in [-0.05, 0) is 62.7 Å². The van der Waals surface area contributed by atoms with Crippen LogP contribution in [0.25, 0.3) is 0 Å². The second-order valence-electron chi connectivity index (χ2n) is 7.26. The van der Waals surface area contributed by atoms with Crippen molar-refractivity contribution < 1.29 is 1.43 Å². The third-order valence-electron chi connectivity index (χ3n) is 5.14. The zero-order chi connectivity index (χ0) is 18.8. The van der Waals surface area contributed by atoms with Crippen LogP contribution in [-0.4, -0.2) is 23.7 Å². The van der Waals surface area contributed by atoms with E-state index in [1.807, 2.05) is 36.3 Å². The summed E-state index contributed by atoms with van der Waals surface area (Å²) in [4.78, 5) is 2.50. The van der Waals surface area contributed by atoms with E-state index in [0.717, 1.165) is 23.4 Å². The van der Waals surface area contributed by atoms with Crippen molar-refractivity contribution in [3.8, 4) is 0 Å². The molecule has 0 aliphatic carbocycles. The monoisotopic (exact) mass is 364 g/mol. The third-order valence-corrected chi connectivity index (χ3v) is 5.14. The van der Waals surface area contributed by atoms with Crippen molar-refractivity contribution in [2.45, 2.75) is 26.3 Å². The molecule has 0 saturated carbocycles. The summed E-state index contributed by atoms with van der Waals surface area (Å²) in [6.07, 6.45) is 4.51. The first-order valence-electron chi connectivity index (χ1n) is 9.39. The predicted octanol–water partition coefficient (Wildman–Crippen LogP) is 3.16. The largest absolute Gasteiger partial charge is 0.398 e. The molecule has 6 nitrogen and oxygen atoms in total. The molecule has 2 aliphatic heterocycles. The van der Waals surface area contributed by atoms with Gasteiger partial charge < -0.3 is 5.73 Å². The molecule has 0 bridgehead atoms. The van der Waals surface area contributed by atoms with Gasteiger partial charge in [-0.1, -0.05) is 23.8 Å². The molecule has 1 saturated heterocycles. The molecule has 4 rings (SSSR count). The summed E-state index contributed by atoms with van der Waals surface area (Å²) < 4.78 is 0. The standard InChI is InChI=1S/C21H26N6.H2/c1-15-4-9-19(22)18(12-15)21(23)20-14-27(25-24-20)17-7-5-16(6-8-17)13-26-10-2-3-11-26;/h4-9,12,14,23-25H,2-3,10-11,13,22H2,1H3;1H. The van der Waals surface area contributed by atoms with Crippen LogP contribution in [0.4, 0.5) is 11.4 Å². The normalized spacial score (nSPS) is 17.1. The predicted molar refractivity (Wildman–Crippen MR) is 112 cm³/mol. The number of nitrogen functional groups attached to an aromatic ring is 1. The van der Waals surface area contributed by atoms with Crippen LogP contribution in [0.1, 0.15) is 31.0 Å². The number of aryl methyl sites for hydroxylation is 1. The van der Waals surface area contributed by atoms with Crippen molar-refractivity contribution in [2.75, 3.05) is 23.8 Å². The van der Waals surface area contributed by atoms with Gasteiger partial charge in [0.05, 0.1) is 23.3 Å². The van der Waals surface area contributed by atoms with Crippen LogP contribution >= 0.6 is 0 Å². The second kappa shape index (κ2) is 7.42. The zero-order valence-electron chi connectivity index (χ0n) is 15.6.